The monoisotopic (exact) mass is 205 g/mol. The molecule has 0 saturated carbocycles. The highest BCUT2D eigenvalue weighted by Gasteiger charge is 2.11. The predicted octanol–water partition coefficient (Wildman–Crippen LogP) is 1.09. The van der Waals surface area contributed by atoms with Gasteiger partial charge in [-0.25, -0.2) is 9.78 Å². The molecule has 0 aliphatic carbocycles. The van der Waals surface area contributed by atoms with Crippen LogP contribution in [-0.4, -0.2) is 22.0 Å². The van der Waals surface area contributed by atoms with Gasteiger partial charge in [0.25, 0.3) is 0 Å². The first-order valence-electron chi connectivity index (χ1n) is 4.62. The second kappa shape index (κ2) is 3.61. The summed E-state index contributed by atoms with van der Waals surface area (Å²) < 4.78 is 6.52. The summed E-state index contributed by atoms with van der Waals surface area (Å²) in [7, 11) is 0. The maximum Gasteiger partial charge on any atom is 0.355 e. The summed E-state index contributed by atoms with van der Waals surface area (Å²) in [5.74, 6) is -0.370. The number of nitrogen functional groups attached to an aromatic ring is 1. The number of fused-ring (bicyclic) bond motifs is 1. The van der Waals surface area contributed by atoms with Crippen LogP contribution in [0.3, 0.4) is 0 Å². The Morgan fingerprint density at radius 2 is 2.40 bits per heavy atom. The molecule has 0 saturated heterocycles. The molecule has 2 aromatic heterocycles. The molecule has 2 N–H and O–H groups in total. The standard InChI is InChI=1S/C10H11N3O2/c1-2-15-10(14)8-3-4-9-12-5-7(11)6-13(8)9/h3-6H,2,11H2,1H3. The van der Waals surface area contributed by atoms with Gasteiger partial charge in [-0.15, -0.1) is 0 Å². The first kappa shape index (κ1) is 9.51. The van der Waals surface area contributed by atoms with Crippen LogP contribution in [0.1, 0.15) is 17.4 Å². The Morgan fingerprint density at radius 3 is 3.13 bits per heavy atom. The molecule has 0 radical (unpaired) electrons. The molecule has 5 heteroatoms. The molecule has 2 aromatic rings. The molecule has 0 unspecified atom stereocenters. The first-order valence-corrected chi connectivity index (χ1v) is 4.62. The number of hydrogen-bond acceptors (Lipinski definition) is 4. The number of anilines is 1. The van der Waals surface area contributed by atoms with Crippen LogP contribution in [0, 0.1) is 0 Å². The molecule has 78 valence electrons. The number of ether oxygens (including phenoxy) is 1. The van der Waals surface area contributed by atoms with Gasteiger partial charge in [0.15, 0.2) is 0 Å². The van der Waals surface area contributed by atoms with E-state index < -0.39 is 0 Å². The van der Waals surface area contributed by atoms with E-state index in [1.165, 1.54) is 0 Å². The zero-order valence-electron chi connectivity index (χ0n) is 8.30. The van der Waals surface area contributed by atoms with Gasteiger partial charge in [0.1, 0.15) is 11.3 Å². The van der Waals surface area contributed by atoms with Gasteiger partial charge in [0, 0.05) is 6.20 Å². The Bertz CT molecular complexity index is 504. The van der Waals surface area contributed by atoms with Crippen LogP contribution in [0.15, 0.2) is 24.5 Å². The fourth-order valence-electron chi connectivity index (χ4n) is 1.37. The van der Waals surface area contributed by atoms with E-state index in [2.05, 4.69) is 4.98 Å². The number of carbonyl (C=O) groups is 1. The molecule has 2 heterocycles. The smallest absolute Gasteiger partial charge is 0.355 e. The van der Waals surface area contributed by atoms with Gasteiger partial charge < -0.3 is 10.5 Å². The van der Waals surface area contributed by atoms with Gasteiger partial charge in [-0.1, -0.05) is 0 Å². The number of aromatic nitrogens is 2. The summed E-state index contributed by atoms with van der Waals surface area (Å²) in [6, 6.07) is 3.41. The summed E-state index contributed by atoms with van der Waals surface area (Å²) in [4.78, 5) is 15.6. The molecule has 0 atom stereocenters. The van der Waals surface area contributed by atoms with E-state index in [0.29, 0.717) is 23.6 Å². The van der Waals surface area contributed by atoms with Crippen molar-refractivity contribution in [3.8, 4) is 0 Å². The van der Waals surface area contributed by atoms with Crippen molar-refractivity contribution >= 4 is 17.3 Å². The van der Waals surface area contributed by atoms with Crippen LogP contribution in [-0.2, 0) is 4.74 Å². The summed E-state index contributed by atoms with van der Waals surface area (Å²) in [5.41, 5.74) is 7.20. The molecule has 2 rings (SSSR count). The Morgan fingerprint density at radius 1 is 1.60 bits per heavy atom. The molecule has 0 aliphatic heterocycles. The van der Waals surface area contributed by atoms with Crippen molar-refractivity contribution in [2.24, 2.45) is 0 Å². The zero-order chi connectivity index (χ0) is 10.8. The van der Waals surface area contributed by atoms with Gasteiger partial charge in [0.2, 0.25) is 0 Å². The highest BCUT2D eigenvalue weighted by Crippen LogP contribution is 2.11. The third-order valence-electron chi connectivity index (χ3n) is 2.01. The fraction of sp³-hybridized carbons (Fsp3) is 0.200. The fourth-order valence-corrected chi connectivity index (χ4v) is 1.37. The topological polar surface area (TPSA) is 69.6 Å². The van der Waals surface area contributed by atoms with Crippen LogP contribution in [0.4, 0.5) is 5.69 Å². The lowest BCUT2D eigenvalue weighted by Gasteiger charge is -2.02. The SMILES string of the molecule is CCOC(=O)c1ccc2ncc(N)cn12. The number of hydrogen-bond donors (Lipinski definition) is 1. The molecule has 15 heavy (non-hydrogen) atoms. The third-order valence-corrected chi connectivity index (χ3v) is 2.01. The lowest BCUT2D eigenvalue weighted by Crippen LogP contribution is -2.08. The molecule has 5 nitrogen and oxygen atoms in total. The quantitative estimate of drug-likeness (QED) is 0.745. The number of rotatable bonds is 2. The number of esters is 1. The highest BCUT2D eigenvalue weighted by molar-refractivity contribution is 5.89. The lowest BCUT2D eigenvalue weighted by molar-refractivity contribution is 0.0518. The summed E-state index contributed by atoms with van der Waals surface area (Å²) in [6.45, 7) is 2.11. The second-order valence-corrected chi connectivity index (χ2v) is 3.05. The number of carbonyl (C=O) groups excluding carboxylic acids is 1. The number of nitrogens with zero attached hydrogens (tertiary/aromatic N) is 2. The average molecular weight is 205 g/mol. The maximum atomic E-state index is 11.5. The Kier molecular flexibility index (Phi) is 2.29. The molecule has 0 fully saturated rings. The minimum absolute atomic E-state index is 0.349. The van der Waals surface area contributed by atoms with E-state index in [1.54, 1.807) is 35.9 Å². The molecule has 0 bridgehead atoms. The van der Waals surface area contributed by atoms with Crippen molar-refractivity contribution in [1.29, 1.82) is 0 Å². The van der Waals surface area contributed by atoms with Crippen molar-refractivity contribution in [2.45, 2.75) is 6.92 Å². The van der Waals surface area contributed by atoms with E-state index in [0.717, 1.165) is 0 Å². The zero-order valence-corrected chi connectivity index (χ0v) is 8.30. The van der Waals surface area contributed by atoms with Crippen molar-refractivity contribution in [1.82, 2.24) is 9.38 Å². The van der Waals surface area contributed by atoms with Gasteiger partial charge in [-0.05, 0) is 19.1 Å². The van der Waals surface area contributed by atoms with E-state index in [9.17, 15) is 4.79 Å². The van der Waals surface area contributed by atoms with Gasteiger partial charge in [0.05, 0.1) is 18.5 Å². The molecular weight excluding hydrogens is 194 g/mol. The van der Waals surface area contributed by atoms with Gasteiger partial charge >= 0.3 is 5.97 Å². The van der Waals surface area contributed by atoms with Crippen molar-refractivity contribution in [2.75, 3.05) is 12.3 Å². The highest BCUT2D eigenvalue weighted by atomic mass is 16.5. The molecule has 0 aliphatic rings. The van der Waals surface area contributed by atoms with Crippen LogP contribution < -0.4 is 5.73 Å². The number of nitrogens with two attached hydrogens (primary N) is 1. The molecule has 0 spiro atoms. The second-order valence-electron chi connectivity index (χ2n) is 3.05. The van der Waals surface area contributed by atoms with E-state index in [1.807, 2.05) is 0 Å². The normalized spacial score (nSPS) is 10.5. The minimum atomic E-state index is -0.370. The van der Waals surface area contributed by atoms with Crippen molar-refractivity contribution < 1.29 is 9.53 Å². The Hall–Kier alpha value is -2.04. The predicted molar refractivity (Wildman–Crippen MR) is 55.6 cm³/mol. The summed E-state index contributed by atoms with van der Waals surface area (Å²) >= 11 is 0. The van der Waals surface area contributed by atoms with Crippen molar-refractivity contribution in [3.63, 3.8) is 0 Å². The third kappa shape index (κ3) is 1.63. The molecular formula is C10H11N3O2. The lowest BCUT2D eigenvalue weighted by atomic mass is 10.4. The van der Waals surface area contributed by atoms with Crippen LogP contribution in [0.2, 0.25) is 0 Å². The maximum absolute atomic E-state index is 11.5. The summed E-state index contributed by atoms with van der Waals surface area (Å²) in [6.07, 6.45) is 3.19. The van der Waals surface area contributed by atoms with Crippen LogP contribution >= 0.6 is 0 Å². The average Bonchev–Trinajstić information content (AvgIpc) is 2.60. The minimum Gasteiger partial charge on any atom is -0.461 e. The van der Waals surface area contributed by atoms with E-state index in [4.69, 9.17) is 10.5 Å². The Labute approximate surface area is 86.5 Å². The van der Waals surface area contributed by atoms with Crippen LogP contribution in [0.25, 0.3) is 5.65 Å². The first-order chi connectivity index (χ1) is 7.22. The van der Waals surface area contributed by atoms with Crippen LogP contribution in [0.5, 0.6) is 0 Å². The molecule has 0 amide bonds. The largest absolute Gasteiger partial charge is 0.461 e. The van der Waals surface area contributed by atoms with Crippen molar-refractivity contribution in [3.05, 3.63) is 30.2 Å². The Balaban J connectivity index is 2.52. The van der Waals surface area contributed by atoms with Gasteiger partial charge in [-0.2, -0.15) is 0 Å². The van der Waals surface area contributed by atoms with E-state index >= 15 is 0 Å². The molecule has 0 aromatic carbocycles. The summed E-state index contributed by atoms with van der Waals surface area (Å²) in [5, 5.41) is 0. The van der Waals surface area contributed by atoms with Gasteiger partial charge in [-0.3, -0.25) is 4.40 Å². The van der Waals surface area contributed by atoms with E-state index in [-0.39, 0.29) is 5.97 Å².